The van der Waals surface area contributed by atoms with Gasteiger partial charge < -0.3 is 5.32 Å². The number of thioether (sulfide) groups is 1. The summed E-state index contributed by atoms with van der Waals surface area (Å²) in [6, 6.07) is 0. The highest BCUT2D eigenvalue weighted by Crippen LogP contribution is 2.06. The number of rotatable bonds is 6. The minimum Gasteiger partial charge on any atom is -0.312 e. The van der Waals surface area contributed by atoms with Gasteiger partial charge in [0.25, 0.3) is 0 Å². The lowest BCUT2D eigenvalue weighted by atomic mass is 10.2. The van der Waals surface area contributed by atoms with Crippen molar-refractivity contribution in [2.75, 3.05) is 18.6 Å². The molecule has 86 valence electrons. The van der Waals surface area contributed by atoms with Crippen LogP contribution in [0.4, 0.5) is 0 Å². The minimum absolute atomic E-state index is 0.733. The van der Waals surface area contributed by atoms with E-state index >= 15 is 0 Å². The highest BCUT2D eigenvalue weighted by molar-refractivity contribution is 7.98. The molecule has 1 aromatic heterocycles. The quantitative estimate of drug-likeness (QED) is 0.804. The molecule has 1 heterocycles. The number of hydrogen-bond donors (Lipinski definition) is 1. The molecule has 0 saturated carbocycles. The third-order valence-corrected chi connectivity index (χ3v) is 3.28. The van der Waals surface area contributed by atoms with Crippen LogP contribution in [0.25, 0.3) is 0 Å². The molecule has 4 heteroatoms. The van der Waals surface area contributed by atoms with Crippen LogP contribution in [0.3, 0.4) is 0 Å². The molecule has 1 atom stereocenters. The maximum absolute atomic E-state index is 4.32. The molecule has 0 saturated heterocycles. The van der Waals surface area contributed by atoms with Crippen molar-refractivity contribution in [3.63, 3.8) is 0 Å². The van der Waals surface area contributed by atoms with Crippen molar-refractivity contribution >= 4 is 11.8 Å². The van der Waals surface area contributed by atoms with Crippen molar-refractivity contribution in [3.8, 4) is 0 Å². The lowest BCUT2D eigenvalue weighted by Gasteiger charge is -2.10. The van der Waals surface area contributed by atoms with Crippen LogP contribution in [-0.4, -0.2) is 28.3 Å². The second-order valence-corrected chi connectivity index (χ2v) is 5.02. The van der Waals surface area contributed by atoms with E-state index in [0.717, 1.165) is 24.7 Å². The van der Waals surface area contributed by atoms with Crippen LogP contribution in [0.2, 0.25) is 0 Å². The van der Waals surface area contributed by atoms with Gasteiger partial charge in [-0.1, -0.05) is 6.92 Å². The maximum atomic E-state index is 4.32. The van der Waals surface area contributed by atoms with Gasteiger partial charge in [-0.3, -0.25) is 4.68 Å². The van der Waals surface area contributed by atoms with Gasteiger partial charge in [0.05, 0.1) is 5.69 Å². The first-order valence-electron chi connectivity index (χ1n) is 5.32. The van der Waals surface area contributed by atoms with Gasteiger partial charge in [0.2, 0.25) is 0 Å². The molecule has 0 amide bonds. The van der Waals surface area contributed by atoms with Crippen LogP contribution >= 0.6 is 11.8 Å². The summed E-state index contributed by atoms with van der Waals surface area (Å²) in [6.07, 6.45) is 4.24. The van der Waals surface area contributed by atoms with Crippen LogP contribution in [0.1, 0.15) is 18.2 Å². The third-order valence-electron chi connectivity index (χ3n) is 2.37. The maximum Gasteiger partial charge on any atom is 0.0638 e. The van der Waals surface area contributed by atoms with E-state index in [4.69, 9.17) is 0 Å². The molecule has 0 fully saturated rings. The zero-order valence-electron chi connectivity index (χ0n) is 10.1. The molecule has 0 spiro atoms. The summed E-state index contributed by atoms with van der Waals surface area (Å²) in [6.45, 7) is 6.34. The topological polar surface area (TPSA) is 29.9 Å². The van der Waals surface area contributed by atoms with E-state index in [-0.39, 0.29) is 0 Å². The summed E-state index contributed by atoms with van der Waals surface area (Å²) in [5, 5.41) is 7.79. The van der Waals surface area contributed by atoms with E-state index in [2.05, 4.69) is 36.7 Å². The van der Waals surface area contributed by atoms with Crippen LogP contribution in [0.5, 0.6) is 0 Å². The average Bonchev–Trinajstić information content (AvgIpc) is 2.46. The largest absolute Gasteiger partial charge is 0.312 e. The Labute approximate surface area is 96.6 Å². The third kappa shape index (κ3) is 4.26. The lowest BCUT2D eigenvalue weighted by molar-refractivity contribution is 0.558. The van der Waals surface area contributed by atoms with Crippen molar-refractivity contribution < 1.29 is 0 Å². The normalized spacial score (nSPS) is 13.1. The van der Waals surface area contributed by atoms with Crippen molar-refractivity contribution in [3.05, 3.63) is 17.5 Å². The summed E-state index contributed by atoms with van der Waals surface area (Å²) in [5.74, 6) is 1.95. The SMILES string of the molecule is CSCC(C)CNCc1cn(C)nc1C. The van der Waals surface area contributed by atoms with Crippen molar-refractivity contribution in [1.29, 1.82) is 0 Å². The molecule has 0 radical (unpaired) electrons. The number of aromatic nitrogens is 2. The fraction of sp³-hybridized carbons (Fsp3) is 0.727. The van der Waals surface area contributed by atoms with Gasteiger partial charge in [0.1, 0.15) is 0 Å². The molecule has 1 aromatic rings. The Hall–Kier alpha value is -0.480. The smallest absolute Gasteiger partial charge is 0.0638 e. The Morgan fingerprint density at radius 3 is 2.87 bits per heavy atom. The monoisotopic (exact) mass is 227 g/mol. The van der Waals surface area contributed by atoms with E-state index in [0.29, 0.717) is 0 Å². The van der Waals surface area contributed by atoms with E-state index in [1.165, 1.54) is 11.3 Å². The van der Waals surface area contributed by atoms with Gasteiger partial charge in [0.15, 0.2) is 0 Å². The van der Waals surface area contributed by atoms with Gasteiger partial charge in [-0.25, -0.2) is 0 Å². The Morgan fingerprint density at radius 2 is 2.33 bits per heavy atom. The summed E-state index contributed by atoms with van der Waals surface area (Å²) in [4.78, 5) is 0. The summed E-state index contributed by atoms with van der Waals surface area (Å²) in [5.41, 5.74) is 2.43. The van der Waals surface area contributed by atoms with Crippen molar-refractivity contribution in [2.45, 2.75) is 20.4 Å². The van der Waals surface area contributed by atoms with Gasteiger partial charge in [0, 0.05) is 25.4 Å². The zero-order valence-corrected chi connectivity index (χ0v) is 10.9. The second kappa shape index (κ2) is 6.18. The highest BCUT2D eigenvalue weighted by atomic mass is 32.2. The molecule has 0 aliphatic rings. The molecule has 0 aromatic carbocycles. The molecule has 3 nitrogen and oxygen atoms in total. The van der Waals surface area contributed by atoms with E-state index in [1.807, 2.05) is 23.5 Å². The van der Waals surface area contributed by atoms with Crippen LogP contribution in [0, 0.1) is 12.8 Å². The van der Waals surface area contributed by atoms with Crippen LogP contribution in [-0.2, 0) is 13.6 Å². The predicted molar refractivity (Wildman–Crippen MR) is 67.2 cm³/mol. The molecule has 0 aliphatic carbocycles. The molecule has 1 unspecified atom stereocenters. The summed E-state index contributed by atoms with van der Waals surface area (Å²) >= 11 is 1.91. The van der Waals surface area contributed by atoms with Crippen LogP contribution < -0.4 is 5.32 Å². The van der Waals surface area contributed by atoms with E-state index < -0.39 is 0 Å². The highest BCUT2D eigenvalue weighted by Gasteiger charge is 2.04. The second-order valence-electron chi connectivity index (χ2n) is 4.10. The Morgan fingerprint density at radius 1 is 1.60 bits per heavy atom. The lowest BCUT2D eigenvalue weighted by Crippen LogP contribution is -2.22. The Bertz CT molecular complexity index is 296. The minimum atomic E-state index is 0.733. The first-order valence-corrected chi connectivity index (χ1v) is 6.71. The van der Waals surface area contributed by atoms with Gasteiger partial charge in [-0.15, -0.1) is 0 Å². The summed E-state index contributed by atoms with van der Waals surface area (Å²) < 4.78 is 1.87. The van der Waals surface area contributed by atoms with E-state index in [9.17, 15) is 0 Å². The van der Waals surface area contributed by atoms with Gasteiger partial charge in [-0.2, -0.15) is 16.9 Å². The van der Waals surface area contributed by atoms with Gasteiger partial charge in [-0.05, 0) is 31.4 Å². The van der Waals surface area contributed by atoms with Gasteiger partial charge >= 0.3 is 0 Å². The fourth-order valence-electron chi connectivity index (χ4n) is 1.62. The Balaban J connectivity index is 2.28. The van der Waals surface area contributed by atoms with Crippen molar-refractivity contribution in [1.82, 2.24) is 15.1 Å². The number of nitrogens with zero attached hydrogens (tertiary/aromatic N) is 2. The molecule has 15 heavy (non-hydrogen) atoms. The van der Waals surface area contributed by atoms with E-state index in [1.54, 1.807) is 0 Å². The molecule has 0 aliphatic heterocycles. The average molecular weight is 227 g/mol. The predicted octanol–water partition coefficient (Wildman–Crippen LogP) is 1.82. The van der Waals surface area contributed by atoms with Crippen molar-refractivity contribution in [2.24, 2.45) is 13.0 Å². The van der Waals surface area contributed by atoms with Crippen LogP contribution in [0.15, 0.2) is 6.20 Å². The fourth-order valence-corrected chi connectivity index (χ4v) is 2.31. The first-order chi connectivity index (χ1) is 7.13. The standard InChI is InChI=1S/C11H21N3S/c1-9(8-15-4)5-12-6-11-7-14(3)13-10(11)2/h7,9,12H,5-6,8H2,1-4H3. The Kier molecular flexibility index (Phi) is 5.19. The summed E-state index contributed by atoms with van der Waals surface area (Å²) in [7, 11) is 1.97. The number of nitrogens with one attached hydrogen (secondary N) is 1. The zero-order chi connectivity index (χ0) is 11.3. The molecular weight excluding hydrogens is 206 g/mol. The molecule has 1 N–H and O–H groups in total. The number of aryl methyl sites for hydroxylation is 2. The molecule has 1 rings (SSSR count). The number of hydrogen-bond acceptors (Lipinski definition) is 3. The molecular formula is C11H21N3S. The molecule has 0 bridgehead atoms. The first kappa shape index (κ1) is 12.6.